The maximum Gasteiger partial charge on any atom is 0.182 e. The third-order valence-electron chi connectivity index (χ3n) is 2.94. The highest BCUT2D eigenvalue weighted by atomic mass is 32.2. The number of nitrogen functional groups attached to an aromatic ring is 1. The van der Waals surface area contributed by atoms with Crippen LogP contribution < -0.4 is 11.1 Å². The predicted molar refractivity (Wildman–Crippen MR) is 78.2 cm³/mol. The number of thioether (sulfide) groups is 1. The summed E-state index contributed by atoms with van der Waals surface area (Å²) in [5.41, 5.74) is 5.61. The van der Waals surface area contributed by atoms with Crippen LogP contribution >= 0.6 is 23.3 Å². The lowest BCUT2D eigenvalue weighted by Crippen LogP contribution is -2.19. The van der Waals surface area contributed by atoms with Gasteiger partial charge in [0.2, 0.25) is 0 Å². The summed E-state index contributed by atoms with van der Waals surface area (Å²) in [5, 5.41) is 3.78. The van der Waals surface area contributed by atoms with Gasteiger partial charge in [-0.25, -0.2) is 8.42 Å². The van der Waals surface area contributed by atoms with E-state index in [-0.39, 0.29) is 10.7 Å². The average Bonchev–Trinajstić information content (AvgIpc) is 2.69. The van der Waals surface area contributed by atoms with Gasteiger partial charge in [-0.1, -0.05) is 0 Å². The van der Waals surface area contributed by atoms with Gasteiger partial charge in [-0.15, -0.1) is 0 Å². The van der Waals surface area contributed by atoms with Crippen LogP contribution in [-0.2, 0) is 9.84 Å². The van der Waals surface area contributed by atoms with Crippen LogP contribution in [0, 0.1) is 5.92 Å². The fourth-order valence-electron chi connectivity index (χ4n) is 1.95. The number of rotatable bonds is 4. The van der Waals surface area contributed by atoms with Crippen molar-refractivity contribution in [2.24, 2.45) is 5.92 Å². The molecular weight excluding hydrogens is 290 g/mol. The minimum atomic E-state index is -3.32. The molecular formula is C10H17N3O2S3. The number of hydrogen-bond donors (Lipinski definition) is 2. The molecule has 0 atom stereocenters. The van der Waals surface area contributed by atoms with Crippen molar-refractivity contribution in [2.45, 2.75) is 17.7 Å². The Balaban J connectivity index is 2.05. The first-order valence-corrected chi connectivity index (χ1v) is 9.57. The van der Waals surface area contributed by atoms with Gasteiger partial charge in [-0.2, -0.15) is 16.1 Å². The molecule has 1 aliphatic rings. The fraction of sp³-hybridized carbons (Fsp3) is 0.700. The molecule has 2 heterocycles. The summed E-state index contributed by atoms with van der Waals surface area (Å²) >= 11 is 3.10. The molecule has 0 amide bonds. The van der Waals surface area contributed by atoms with Crippen LogP contribution in [0.3, 0.4) is 0 Å². The van der Waals surface area contributed by atoms with Gasteiger partial charge in [0.25, 0.3) is 0 Å². The molecule has 102 valence electrons. The summed E-state index contributed by atoms with van der Waals surface area (Å²) in [6.07, 6.45) is 3.52. The van der Waals surface area contributed by atoms with Crippen LogP contribution in [0.15, 0.2) is 4.90 Å². The molecule has 0 aliphatic carbocycles. The number of anilines is 2. The van der Waals surface area contributed by atoms with Gasteiger partial charge < -0.3 is 11.1 Å². The topological polar surface area (TPSA) is 85.1 Å². The van der Waals surface area contributed by atoms with E-state index in [0.717, 1.165) is 24.3 Å². The van der Waals surface area contributed by atoms with Crippen molar-refractivity contribution in [1.82, 2.24) is 4.37 Å². The average molecular weight is 307 g/mol. The molecule has 0 aromatic carbocycles. The van der Waals surface area contributed by atoms with E-state index in [9.17, 15) is 8.42 Å². The Labute approximate surface area is 116 Å². The predicted octanol–water partition coefficient (Wildman–Crippen LogP) is 1.68. The molecule has 1 aliphatic heterocycles. The summed E-state index contributed by atoms with van der Waals surface area (Å²) in [4.78, 5) is 0.151. The van der Waals surface area contributed by atoms with E-state index in [1.165, 1.54) is 24.3 Å². The highest BCUT2D eigenvalue weighted by Gasteiger charge is 2.22. The Bertz CT molecular complexity index is 506. The van der Waals surface area contributed by atoms with Crippen molar-refractivity contribution in [2.75, 3.05) is 35.4 Å². The molecule has 1 saturated heterocycles. The lowest BCUT2D eigenvalue weighted by Gasteiger charge is -2.21. The minimum Gasteiger partial charge on any atom is -0.382 e. The van der Waals surface area contributed by atoms with Crippen LogP contribution in [-0.4, -0.2) is 37.1 Å². The van der Waals surface area contributed by atoms with Gasteiger partial charge in [-0.3, -0.25) is 0 Å². The number of hydrogen-bond acceptors (Lipinski definition) is 7. The van der Waals surface area contributed by atoms with Gasteiger partial charge in [-0.05, 0) is 41.8 Å². The minimum absolute atomic E-state index is 0.101. The van der Waals surface area contributed by atoms with Crippen LogP contribution in [0.2, 0.25) is 0 Å². The van der Waals surface area contributed by atoms with E-state index in [1.807, 2.05) is 11.8 Å². The monoisotopic (exact) mass is 307 g/mol. The Morgan fingerprint density at radius 1 is 1.44 bits per heavy atom. The third kappa shape index (κ3) is 3.30. The van der Waals surface area contributed by atoms with Crippen LogP contribution in [0.5, 0.6) is 0 Å². The van der Waals surface area contributed by atoms with E-state index in [2.05, 4.69) is 9.69 Å². The second-order valence-corrected chi connectivity index (χ2v) is 8.39. The van der Waals surface area contributed by atoms with Crippen molar-refractivity contribution < 1.29 is 8.42 Å². The second kappa shape index (κ2) is 5.66. The van der Waals surface area contributed by atoms with Crippen LogP contribution in [0.25, 0.3) is 0 Å². The highest BCUT2D eigenvalue weighted by molar-refractivity contribution is 7.99. The molecule has 0 saturated carbocycles. The zero-order valence-electron chi connectivity index (χ0n) is 10.2. The summed E-state index contributed by atoms with van der Waals surface area (Å²) in [6, 6.07) is 0. The van der Waals surface area contributed by atoms with Gasteiger partial charge in [0.1, 0.15) is 9.90 Å². The molecule has 0 spiro atoms. The fourth-order valence-corrected chi connectivity index (χ4v) is 5.23. The number of sulfone groups is 1. The molecule has 0 bridgehead atoms. The molecule has 18 heavy (non-hydrogen) atoms. The molecule has 1 aromatic rings. The standard InChI is InChI=1S/C10H17N3O2S3/c1-18(14,15)8-9(11)13-17-10(8)12-6-7-2-4-16-5-3-7/h7,12H,2-6H2,1H3,(H2,11,13). The summed E-state index contributed by atoms with van der Waals surface area (Å²) in [6.45, 7) is 0.796. The molecule has 2 rings (SSSR count). The SMILES string of the molecule is CS(=O)(=O)c1c(N)nsc1NCC1CCSCC1. The van der Waals surface area contributed by atoms with E-state index in [4.69, 9.17) is 5.73 Å². The first-order valence-electron chi connectivity index (χ1n) is 5.75. The van der Waals surface area contributed by atoms with Crippen LogP contribution in [0.4, 0.5) is 10.8 Å². The maximum atomic E-state index is 11.6. The van der Waals surface area contributed by atoms with Crippen molar-refractivity contribution in [3.63, 3.8) is 0 Å². The lowest BCUT2D eigenvalue weighted by atomic mass is 10.0. The Hall–Kier alpha value is -0.470. The third-order valence-corrected chi connectivity index (χ3v) is 6.09. The summed E-state index contributed by atoms with van der Waals surface area (Å²) < 4.78 is 27.2. The van der Waals surface area contributed by atoms with Crippen molar-refractivity contribution in [1.29, 1.82) is 0 Å². The van der Waals surface area contributed by atoms with E-state index in [1.54, 1.807) is 0 Å². The van der Waals surface area contributed by atoms with Gasteiger partial charge in [0, 0.05) is 12.8 Å². The first-order chi connectivity index (χ1) is 8.48. The molecule has 0 unspecified atom stereocenters. The van der Waals surface area contributed by atoms with Crippen molar-refractivity contribution in [3.8, 4) is 0 Å². The molecule has 5 nitrogen and oxygen atoms in total. The molecule has 0 radical (unpaired) electrons. The number of nitrogens with one attached hydrogen (secondary N) is 1. The summed E-state index contributed by atoms with van der Waals surface area (Å²) in [5.74, 6) is 3.10. The lowest BCUT2D eigenvalue weighted by molar-refractivity contribution is 0.516. The largest absolute Gasteiger partial charge is 0.382 e. The molecule has 1 fully saturated rings. The van der Waals surface area contributed by atoms with Crippen LogP contribution in [0.1, 0.15) is 12.8 Å². The number of nitrogens with zero attached hydrogens (tertiary/aromatic N) is 1. The zero-order valence-corrected chi connectivity index (χ0v) is 12.6. The Kier molecular flexibility index (Phi) is 4.39. The Morgan fingerprint density at radius 2 is 2.11 bits per heavy atom. The zero-order chi connectivity index (χ0) is 13.2. The van der Waals surface area contributed by atoms with Crippen molar-refractivity contribution in [3.05, 3.63) is 0 Å². The quantitative estimate of drug-likeness (QED) is 0.880. The maximum absolute atomic E-state index is 11.6. The Morgan fingerprint density at radius 3 is 2.72 bits per heavy atom. The first kappa shape index (κ1) is 14.0. The van der Waals surface area contributed by atoms with Gasteiger partial charge in [0.15, 0.2) is 15.7 Å². The van der Waals surface area contributed by atoms with E-state index in [0.29, 0.717) is 10.9 Å². The highest BCUT2D eigenvalue weighted by Crippen LogP contribution is 2.32. The smallest absolute Gasteiger partial charge is 0.182 e. The molecule has 3 N–H and O–H groups in total. The molecule has 1 aromatic heterocycles. The van der Waals surface area contributed by atoms with Gasteiger partial charge >= 0.3 is 0 Å². The summed E-state index contributed by atoms with van der Waals surface area (Å²) in [7, 11) is -3.32. The van der Waals surface area contributed by atoms with E-state index >= 15 is 0 Å². The van der Waals surface area contributed by atoms with Gasteiger partial charge in [0.05, 0.1) is 0 Å². The normalized spacial score (nSPS) is 17.8. The molecule has 8 heteroatoms. The number of aromatic nitrogens is 1. The van der Waals surface area contributed by atoms with E-state index < -0.39 is 9.84 Å². The number of nitrogens with two attached hydrogens (primary N) is 1. The second-order valence-electron chi connectivity index (χ2n) is 4.43. The van der Waals surface area contributed by atoms with Crippen molar-refractivity contribution >= 4 is 44.0 Å².